The van der Waals surface area contributed by atoms with E-state index in [-0.39, 0.29) is 18.0 Å². The molecule has 6 nitrogen and oxygen atoms in total. The molecule has 0 atom stereocenters. The number of fused-ring (bicyclic) bond motifs is 1. The van der Waals surface area contributed by atoms with E-state index >= 15 is 0 Å². The lowest BCUT2D eigenvalue weighted by Gasteiger charge is -2.09. The zero-order valence-corrected chi connectivity index (χ0v) is 21.6. The summed E-state index contributed by atoms with van der Waals surface area (Å²) in [7, 11) is 0. The molecule has 0 saturated carbocycles. The van der Waals surface area contributed by atoms with Crippen molar-refractivity contribution in [1.29, 1.82) is 0 Å². The molecule has 0 saturated heterocycles. The van der Waals surface area contributed by atoms with Crippen LogP contribution in [0, 0.1) is 0 Å². The Balaban J connectivity index is 1.18. The molecule has 7 heteroatoms. The first-order valence-electron chi connectivity index (χ1n) is 12.4. The van der Waals surface area contributed by atoms with Gasteiger partial charge in [0.1, 0.15) is 22.9 Å². The molecule has 0 aliphatic rings. The lowest BCUT2D eigenvalue weighted by molar-refractivity contribution is -0.116. The number of ether oxygens (including phenoxy) is 1. The number of rotatable bonds is 7. The van der Waals surface area contributed by atoms with Crippen molar-refractivity contribution in [2.24, 2.45) is 0 Å². The second-order valence-corrected chi connectivity index (χ2v) is 9.80. The van der Waals surface area contributed by atoms with Gasteiger partial charge in [-0.05, 0) is 53.1 Å². The van der Waals surface area contributed by atoms with E-state index in [1.54, 1.807) is 24.3 Å². The molecule has 0 unspecified atom stereocenters. The zero-order valence-electron chi connectivity index (χ0n) is 20.8. The third kappa shape index (κ3) is 5.35. The van der Waals surface area contributed by atoms with Gasteiger partial charge in [0.05, 0.1) is 11.7 Å². The molecule has 39 heavy (non-hydrogen) atoms. The molecule has 2 aromatic heterocycles. The number of carbonyl (C=O) groups excluding carboxylic acids is 1. The van der Waals surface area contributed by atoms with E-state index in [9.17, 15) is 9.59 Å². The smallest absolute Gasteiger partial charge is 0.263 e. The highest BCUT2D eigenvalue weighted by Crippen LogP contribution is 2.32. The summed E-state index contributed by atoms with van der Waals surface area (Å²) in [5.41, 5.74) is 4.34. The number of nitrogens with zero attached hydrogens (tertiary/aromatic N) is 2. The predicted molar refractivity (Wildman–Crippen MR) is 156 cm³/mol. The summed E-state index contributed by atoms with van der Waals surface area (Å²) >= 11 is 1.42. The number of hydrogen-bond acceptors (Lipinski definition) is 5. The van der Waals surface area contributed by atoms with Crippen molar-refractivity contribution >= 4 is 33.1 Å². The molecule has 0 aliphatic carbocycles. The summed E-state index contributed by atoms with van der Waals surface area (Å²) in [6, 6.07) is 34.8. The molecule has 0 radical (unpaired) electrons. The van der Waals surface area contributed by atoms with Crippen molar-refractivity contribution in [1.82, 2.24) is 9.55 Å². The molecule has 6 rings (SSSR count). The summed E-state index contributed by atoms with van der Waals surface area (Å²) < 4.78 is 7.14. The molecule has 4 aromatic carbocycles. The summed E-state index contributed by atoms with van der Waals surface area (Å²) in [5, 5.41) is 5.30. The van der Waals surface area contributed by atoms with Crippen molar-refractivity contribution in [3.05, 3.63) is 131 Å². The quantitative estimate of drug-likeness (QED) is 0.237. The van der Waals surface area contributed by atoms with Crippen molar-refractivity contribution < 1.29 is 9.53 Å². The number of hydrogen-bond donors (Lipinski definition) is 1. The van der Waals surface area contributed by atoms with Crippen molar-refractivity contribution in [3.8, 4) is 33.8 Å². The van der Waals surface area contributed by atoms with Gasteiger partial charge in [-0.3, -0.25) is 14.2 Å². The molecule has 0 aliphatic heterocycles. The largest absolute Gasteiger partial charge is 0.457 e. The van der Waals surface area contributed by atoms with Crippen LogP contribution in [0.15, 0.2) is 126 Å². The maximum absolute atomic E-state index is 13.4. The first kappa shape index (κ1) is 24.3. The highest BCUT2D eigenvalue weighted by Gasteiger charge is 2.15. The summed E-state index contributed by atoms with van der Waals surface area (Å²) in [5.74, 6) is 1.07. The maximum Gasteiger partial charge on any atom is 0.263 e. The fraction of sp³-hybridized carbons (Fsp3) is 0.0312. The molecular weight excluding hydrogens is 506 g/mol. The number of nitrogens with one attached hydrogen (secondary N) is 1. The number of thiophene rings is 1. The highest BCUT2D eigenvalue weighted by molar-refractivity contribution is 7.17. The zero-order chi connectivity index (χ0) is 26.6. The normalized spacial score (nSPS) is 10.9. The summed E-state index contributed by atoms with van der Waals surface area (Å²) in [4.78, 5) is 31.3. The Morgan fingerprint density at radius 1 is 0.769 bits per heavy atom. The Bertz CT molecular complexity index is 1790. The number of benzene rings is 4. The summed E-state index contributed by atoms with van der Waals surface area (Å²) in [6.45, 7) is -0.147. The van der Waals surface area contributed by atoms with Gasteiger partial charge >= 0.3 is 0 Å². The SMILES string of the molecule is O=C(Cn1cnc2scc(-c3ccc(-c4ccccc4)cc3)c2c1=O)Nc1ccc(Oc2ccccc2)cc1. The minimum Gasteiger partial charge on any atom is -0.457 e. The van der Waals surface area contributed by atoms with E-state index in [1.807, 2.05) is 78.2 Å². The van der Waals surface area contributed by atoms with Crippen LogP contribution in [-0.2, 0) is 11.3 Å². The van der Waals surface area contributed by atoms with Gasteiger partial charge in [0, 0.05) is 16.6 Å². The molecule has 0 bridgehead atoms. The standard InChI is InChI=1S/C32H23N3O3S/c36-29(34-25-15-17-27(18-16-25)38-26-9-5-2-6-10-26)19-35-21-33-31-30(32(35)37)28(20-39-31)24-13-11-23(12-14-24)22-7-3-1-4-8-22/h1-18,20-21H,19H2,(H,34,36). The van der Waals surface area contributed by atoms with Crippen LogP contribution in [0.1, 0.15) is 0 Å². The van der Waals surface area contributed by atoms with Gasteiger partial charge in [-0.15, -0.1) is 11.3 Å². The van der Waals surface area contributed by atoms with Crippen molar-refractivity contribution in [2.75, 3.05) is 5.32 Å². The van der Waals surface area contributed by atoms with Crippen LogP contribution < -0.4 is 15.6 Å². The van der Waals surface area contributed by atoms with Gasteiger partial charge in [0.15, 0.2) is 0 Å². The predicted octanol–water partition coefficient (Wildman–Crippen LogP) is 7.22. The van der Waals surface area contributed by atoms with E-state index in [0.717, 1.165) is 28.0 Å². The van der Waals surface area contributed by atoms with E-state index in [2.05, 4.69) is 22.4 Å². The van der Waals surface area contributed by atoms with Gasteiger partial charge < -0.3 is 10.1 Å². The topological polar surface area (TPSA) is 73.2 Å². The fourth-order valence-corrected chi connectivity index (χ4v) is 5.26. The number of anilines is 1. The van der Waals surface area contributed by atoms with Crippen LogP contribution in [-0.4, -0.2) is 15.5 Å². The number of carbonyl (C=O) groups is 1. The maximum atomic E-state index is 13.4. The molecular formula is C32H23N3O3S. The van der Waals surface area contributed by atoms with Crippen molar-refractivity contribution in [2.45, 2.75) is 6.54 Å². The Morgan fingerprint density at radius 3 is 2.10 bits per heavy atom. The molecule has 6 aromatic rings. The van der Waals surface area contributed by atoms with Crippen LogP contribution in [0.4, 0.5) is 5.69 Å². The Morgan fingerprint density at radius 2 is 1.38 bits per heavy atom. The molecule has 0 spiro atoms. The van der Waals surface area contributed by atoms with E-state index < -0.39 is 0 Å². The van der Waals surface area contributed by atoms with Gasteiger partial charge in [-0.2, -0.15) is 0 Å². The van der Waals surface area contributed by atoms with E-state index in [1.165, 1.54) is 22.2 Å². The second-order valence-electron chi connectivity index (χ2n) is 8.94. The molecule has 1 N–H and O–H groups in total. The van der Waals surface area contributed by atoms with E-state index in [0.29, 0.717) is 21.7 Å². The first-order valence-corrected chi connectivity index (χ1v) is 13.3. The average molecular weight is 530 g/mol. The van der Waals surface area contributed by atoms with Gasteiger partial charge in [-0.1, -0.05) is 72.8 Å². The first-order chi connectivity index (χ1) is 19.1. The van der Waals surface area contributed by atoms with Crippen LogP contribution in [0.5, 0.6) is 11.5 Å². The second kappa shape index (κ2) is 10.8. The third-order valence-corrected chi connectivity index (χ3v) is 7.18. The number of aromatic nitrogens is 2. The van der Waals surface area contributed by atoms with Gasteiger partial charge in [0.2, 0.25) is 5.91 Å². The lowest BCUT2D eigenvalue weighted by Crippen LogP contribution is -2.27. The fourth-order valence-electron chi connectivity index (χ4n) is 4.35. The number of para-hydroxylation sites is 1. The van der Waals surface area contributed by atoms with Gasteiger partial charge in [0.25, 0.3) is 5.56 Å². The van der Waals surface area contributed by atoms with Crippen LogP contribution in [0.25, 0.3) is 32.5 Å². The van der Waals surface area contributed by atoms with Crippen molar-refractivity contribution in [3.63, 3.8) is 0 Å². The van der Waals surface area contributed by atoms with Gasteiger partial charge in [-0.25, -0.2) is 4.98 Å². The Hall–Kier alpha value is -5.01. The Kier molecular flexibility index (Phi) is 6.72. The Labute approximate surface area is 228 Å². The lowest BCUT2D eigenvalue weighted by atomic mass is 10.0. The minimum absolute atomic E-state index is 0.147. The third-order valence-electron chi connectivity index (χ3n) is 6.29. The monoisotopic (exact) mass is 529 g/mol. The number of amides is 1. The highest BCUT2D eigenvalue weighted by atomic mass is 32.1. The molecule has 2 heterocycles. The molecule has 190 valence electrons. The summed E-state index contributed by atoms with van der Waals surface area (Å²) in [6.07, 6.45) is 1.43. The van der Waals surface area contributed by atoms with Crippen LogP contribution in [0.2, 0.25) is 0 Å². The average Bonchev–Trinajstić information content (AvgIpc) is 3.42. The van der Waals surface area contributed by atoms with Crippen LogP contribution >= 0.6 is 11.3 Å². The minimum atomic E-state index is -0.320. The van der Waals surface area contributed by atoms with Crippen LogP contribution in [0.3, 0.4) is 0 Å². The van der Waals surface area contributed by atoms with E-state index in [4.69, 9.17) is 4.74 Å². The molecule has 0 fully saturated rings. The molecule has 1 amide bonds.